The average Bonchev–Trinajstić information content (AvgIpc) is 3.84. The Balaban J connectivity index is 1.30. The van der Waals surface area contributed by atoms with Crippen molar-refractivity contribution in [2.24, 2.45) is 33.7 Å². The minimum Gasteiger partial charge on any atom is -0.507 e. The average molecular weight is 1090 g/mol. The Hall–Kier alpha value is -5.41. The van der Waals surface area contributed by atoms with Crippen LogP contribution < -0.4 is 26.1 Å². The molecule has 1 unspecified atom stereocenters. The molecule has 1 spiro atoms. The molecule has 0 aromatic heterocycles. The number of ketones is 1. The number of esters is 1. The second-order valence-electron chi connectivity index (χ2n) is 19.7. The number of nitrogens with one attached hydrogen (secondary N) is 2. The standard InChI is InChI=1S/C53H66IN5O12/c1-27-14-13-15-28(2)51(67)56-43-42-41(57-53(58-42)19-21-59(22-20-53)26-29(3)54)38-39(47(43)65)46(64)33(7)49-40(38)50(66)52(8,71-49)69-23-18-35(68-9)30(4)48(32(6)45(63)31(5)44(27)62)70-37(61)24-36(60)55-25-34-16-11-10-12-17-34/h10-18,23,27,29-32,35,44-45,48,57,62-65H,19-22,24-26H2,1-9H3,(H,55,60)/b14-13+,23-18+,28-15-,56-43?/t27-,29?,30+,31+,32+,35-,44-,45+,48+,52-/m0/s1. The molecule has 0 radical (unpaired) electrons. The molecule has 8 rings (SSSR count). The van der Waals surface area contributed by atoms with Crippen LogP contribution in [0.25, 0.3) is 10.8 Å². The number of allylic oxidation sites excluding steroid dienone is 2. The number of hydrogen-bond acceptors (Lipinski definition) is 15. The Morgan fingerprint density at radius 3 is 2.32 bits per heavy atom. The first-order valence-electron chi connectivity index (χ1n) is 24.1. The molecule has 18 heteroatoms. The van der Waals surface area contributed by atoms with E-state index < -0.39 is 101 Å². The third-order valence-corrected chi connectivity index (χ3v) is 14.8. The van der Waals surface area contributed by atoms with Gasteiger partial charge < -0.3 is 54.9 Å². The number of methoxy groups -OCH3 is 1. The van der Waals surface area contributed by atoms with Crippen LogP contribution in [0.5, 0.6) is 17.2 Å². The number of nitrogens with zero attached hydrogens (tertiary/aromatic N) is 3. The van der Waals surface area contributed by atoms with Gasteiger partial charge in [-0.1, -0.05) is 106 Å². The molecule has 5 aliphatic rings. The highest BCUT2D eigenvalue weighted by molar-refractivity contribution is 14.1. The summed E-state index contributed by atoms with van der Waals surface area (Å²) in [6.45, 7) is 16.0. The number of hydrogen-bond donors (Lipinski definition) is 6. The van der Waals surface area contributed by atoms with Crippen LogP contribution in [0.4, 0.5) is 5.69 Å². The monoisotopic (exact) mass is 1090 g/mol. The van der Waals surface area contributed by atoms with Crippen molar-refractivity contribution in [2.45, 2.75) is 121 Å². The second-order valence-corrected chi connectivity index (χ2v) is 21.8. The maximum atomic E-state index is 14.9. The van der Waals surface area contributed by atoms with Crippen LogP contribution in [0.3, 0.4) is 0 Å². The van der Waals surface area contributed by atoms with Crippen molar-refractivity contribution < 1.29 is 58.6 Å². The van der Waals surface area contributed by atoms with Crippen LogP contribution in [-0.4, -0.2) is 115 Å². The highest BCUT2D eigenvalue weighted by Gasteiger charge is 2.51. The zero-order chi connectivity index (χ0) is 51.7. The number of alkyl halides is 1. The van der Waals surface area contributed by atoms with E-state index in [0.717, 1.165) is 12.1 Å². The van der Waals surface area contributed by atoms with E-state index >= 15 is 0 Å². The van der Waals surface area contributed by atoms with E-state index in [9.17, 15) is 39.6 Å². The Bertz CT molecular complexity index is 2770. The van der Waals surface area contributed by atoms with Gasteiger partial charge in [0, 0.05) is 97.2 Å². The Morgan fingerprint density at radius 1 is 0.972 bits per heavy atom. The predicted octanol–water partition coefficient (Wildman–Crippen LogP) is 5.60. The highest BCUT2D eigenvalue weighted by atomic mass is 127. The molecule has 1 fully saturated rings. The van der Waals surface area contributed by atoms with Gasteiger partial charge in [0.25, 0.3) is 11.7 Å². The molecule has 3 aromatic rings. The first-order chi connectivity index (χ1) is 33.6. The SMILES string of the molecule is CO[C@H]1/C=C/O[C@@]2(C)Oc3c(C)c(O)c4c(O)c(c5c(c4c3C2=O)NC2(CCN(CC(C)I)CC2)N=5)=NC(=O)/C(C)=C\C=C\[C@H](C)[C@H](O)[C@@H](C)[C@@H](O)[C@@H](C)[C@H](OC(=O)CC(=O)NCc2ccccc2)[C@@H]1C. The molecule has 1 saturated heterocycles. The zero-order valence-corrected chi connectivity index (χ0v) is 43.9. The van der Waals surface area contributed by atoms with Crippen LogP contribution in [0.1, 0.15) is 89.2 Å². The van der Waals surface area contributed by atoms with Crippen molar-refractivity contribution >= 4 is 62.6 Å². The molecule has 0 saturated carbocycles. The number of aliphatic hydroxyl groups is 2. The summed E-state index contributed by atoms with van der Waals surface area (Å²) in [6.07, 6.45) is 3.70. The lowest BCUT2D eigenvalue weighted by Crippen LogP contribution is -2.47. The number of rotatable bonds is 8. The summed E-state index contributed by atoms with van der Waals surface area (Å²) in [7, 11) is 1.43. The fourth-order valence-electron chi connectivity index (χ4n) is 10.1. The number of anilines is 1. The van der Waals surface area contributed by atoms with Crippen molar-refractivity contribution in [3.05, 3.63) is 93.9 Å². The third-order valence-electron chi connectivity index (χ3n) is 14.4. The van der Waals surface area contributed by atoms with Gasteiger partial charge in [0.05, 0.1) is 41.2 Å². The molecule has 3 aromatic carbocycles. The summed E-state index contributed by atoms with van der Waals surface area (Å²) in [5.41, 5.74) is 0.579. The number of phenols is 2. The van der Waals surface area contributed by atoms with Gasteiger partial charge in [-0.2, -0.15) is 0 Å². The number of halogens is 1. The molecule has 6 N–H and O–H groups in total. The Morgan fingerprint density at radius 2 is 1.66 bits per heavy atom. The number of likely N-dealkylation sites (tertiary alicyclic amines) is 1. The van der Waals surface area contributed by atoms with Crippen molar-refractivity contribution in [1.29, 1.82) is 0 Å². The largest absolute Gasteiger partial charge is 0.507 e. The van der Waals surface area contributed by atoms with Crippen LogP contribution in [0.15, 0.2) is 76.5 Å². The number of ether oxygens (including phenoxy) is 4. The maximum absolute atomic E-state index is 14.9. The number of carbonyl (C=O) groups is 4. The third kappa shape index (κ3) is 11.0. The summed E-state index contributed by atoms with van der Waals surface area (Å²) in [5.74, 6) is -8.60. The number of benzene rings is 3. The fraction of sp³-hybridized carbons (Fsp3) is 0.509. The van der Waals surface area contributed by atoms with Crippen molar-refractivity contribution in [2.75, 3.05) is 32.1 Å². The topological polar surface area (TPSA) is 238 Å². The number of fused-ring (bicyclic) bond motifs is 13. The van der Waals surface area contributed by atoms with Gasteiger partial charge in [0.2, 0.25) is 5.91 Å². The smallest absolute Gasteiger partial charge is 0.315 e. The molecule has 5 bridgehead atoms. The summed E-state index contributed by atoms with van der Waals surface area (Å²) in [6, 6.07) is 9.21. The normalized spacial score (nSPS) is 29.9. The second kappa shape index (κ2) is 21.7. The van der Waals surface area contributed by atoms with E-state index in [2.05, 4.69) is 50.0 Å². The Labute approximate surface area is 427 Å². The molecular formula is C53H66IN5O12. The van der Waals surface area contributed by atoms with Gasteiger partial charge in [-0.25, -0.2) is 4.99 Å². The van der Waals surface area contributed by atoms with E-state index in [1.54, 1.807) is 46.8 Å². The van der Waals surface area contributed by atoms with Crippen molar-refractivity contribution in [3.8, 4) is 17.2 Å². The summed E-state index contributed by atoms with van der Waals surface area (Å²) >= 11 is 2.40. The van der Waals surface area contributed by atoms with Gasteiger partial charge in [-0.3, -0.25) is 24.2 Å². The van der Waals surface area contributed by atoms with Gasteiger partial charge in [0.1, 0.15) is 40.4 Å². The van der Waals surface area contributed by atoms with Gasteiger partial charge in [-0.15, -0.1) is 0 Å². The number of phenolic OH excluding ortho intramolecular Hbond substituents is 2. The number of piperidine rings is 1. The van der Waals surface area contributed by atoms with E-state index in [4.69, 9.17) is 23.9 Å². The Kier molecular flexibility index (Phi) is 16.4. The van der Waals surface area contributed by atoms with Crippen LogP contribution >= 0.6 is 22.6 Å². The van der Waals surface area contributed by atoms with E-state index in [1.807, 2.05) is 30.3 Å². The van der Waals surface area contributed by atoms with E-state index in [0.29, 0.717) is 35.5 Å². The molecule has 382 valence electrons. The number of Topliss-reactive ketones (excluding diaryl/α,β-unsaturated/α-hetero) is 1. The lowest BCUT2D eigenvalue weighted by molar-refractivity contribution is -0.164. The van der Waals surface area contributed by atoms with Gasteiger partial charge in [0.15, 0.2) is 5.75 Å². The van der Waals surface area contributed by atoms with E-state index in [1.165, 1.54) is 39.4 Å². The number of carbonyl (C=O) groups excluding carboxylic acids is 4. The van der Waals surface area contributed by atoms with Crippen LogP contribution in [-0.2, 0) is 35.1 Å². The number of aromatic hydroxyl groups is 2. The predicted molar refractivity (Wildman–Crippen MR) is 274 cm³/mol. The molecule has 71 heavy (non-hydrogen) atoms. The van der Waals surface area contributed by atoms with Gasteiger partial charge >= 0.3 is 11.8 Å². The summed E-state index contributed by atoms with van der Waals surface area (Å²) < 4.78 is 24.9. The zero-order valence-electron chi connectivity index (χ0n) is 41.7. The molecule has 5 heterocycles. The van der Waals surface area contributed by atoms with Crippen molar-refractivity contribution in [1.82, 2.24) is 10.2 Å². The minimum absolute atomic E-state index is 0.0203. The van der Waals surface area contributed by atoms with Crippen LogP contribution in [0.2, 0.25) is 0 Å². The lowest BCUT2D eigenvalue weighted by atomic mass is 9.78. The molecule has 2 amide bonds. The molecule has 17 nitrogen and oxygen atoms in total. The van der Waals surface area contributed by atoms with Crippen molar-refractivity contribution in [3.63, 3.8) is 0 Å². The molecule has 0 aliphatic carbocycles. The van der Waals surface area contributed by atoms with Crippen LogP contribution in [0, 0.1) is 30.6 Å². The summed E-state index contributed by atoms with van der Waals surface area (Å²) in [5, 5.41) is 53.9. The maximum Gasteiger partial charge on any atom is 0.315 e. The molecular weight excluding hydrogens is 1030 g/mol. The number of aliphatic hydroxyl groups excluding tert-OH is 2. The number of amides is 2. The fourth-order valence-corrected chi connectivity index (χ4v) is 10.6. The van der Waals surface area contributed by atoms with Gasteiger partial charge in [-0.05, 0) is 25.5 Å². The lowest BCUT2D eigenvalue weighted by Gasteiger charge is -2.38. The highest BCUT2D eigenvalue weighted by Crippen LogP contribution is 2.51. The minimum atomic E-state index is -2.02. The summed E-state index contributed by atoms with van der Waals surface area (Å²) in [4.78, 5) is 67.3. The molecule has 10 atom stereocenters. The quantitative estimate of drug-likeness (QED) is 0.0530. The first-order valence-corrected chi connectivity index (χ1v) is 25.4. The first kappa shape index (κ1) is 53.4. The molecule has 5 aliphatic heterocycles. The van der Waals surface area contributed by atoms with E-state index in [-0.39, 0.29) is 50.5 Å².